The number of aliphatic imine (C=N–C) groups is 1. The quantitative estimate of drug-likeness (QED) is 0.649. The number of guanidine groups is 1. The molecule has 0 radical (unpaired) electrons. The summed E-state index contributed by atoms with van der Waals surface area (Å²) in [6, 6.07) is 6.54. The highest BCUT2D eigenvalue weighted by Crippen LogP contribution is 2.36. The summed E-state index contributed by atoms with van der Waals surface area (Å²) in [4.78, 5) is 4.28. The van der Waals surface area contributed by atoms with Crippen molar-refractivity contribution in [3.8, 4) is 11.5 Å². The molecule has 1 heterocycles. The van der Waals surface area contributed by atoms with Gasteiger partial charge in [-0.05, 0) is 31.0 Å². The van der Waals surface area contributed by atoms with Crippen LogP contribution in [-0.2, 0) is 5.41 Å². The van der Waals surface area contributed by atoms with E-state index in [4.69, 9.17) is 9.47 Å². The van der Waals surface area contributed by atoms with Gasteiger partial charge in [0.05, 0.1) is 0 Å². The number of nitrogens with zero attached hydrogens (tertiary/aromatic N) is 1. The third-order valence-electron chi connectivity index (χ3n) is 4.07. The molecule has 0 saturated heterocycles. The summed E-state index contributed by atoms with van der Waals surface area (Å²) in [5, 5.41) is 6.78. The fourth-order valence-corrected chi connectivity index (χ4v) is 2.25. The Morgan fingerprint density at radius 1 is 1.32 bits per heavy atom. The van der Waals surface area contributed by atoms with Crippen LogP contribution in [0.5, 0.6) is 11.5 Å². The van der Waals surface area contributed by atoms with Crippen LogP contribution in [0.15, 0.2) is 23.2 Å². The SMILES string of the molecule is CCC(C)NC(=NC)NCC(C)(C)c1ccc2c(c1)OCO2. The Balaban J connectivity index is 2.01. The van der Waals surface area contributed by atoms with Gasteiger partial charge in [0.1, 0.15) is 0 Å². The predicted octanol–water partition coefficient (Wildman–Crippen LogP) is 2.66. The molecule has 1 unspecified atom stereocenters. The van der Waals surface area contributed by atoms with E-state index >= 15 is 0 Å². The molecule has 0 aromatic heterocycles. The summed E-state index contributed by atoms with van der Waals surface area (Å²) in [5.41, 5.74) is 1.16. The van der Waals surface area contributed by atoms with Crippen molar-refractivity contribution < 1.29 is 9.47 Å². The topological polar surface area (TPSA) is 54.9 Å². The summed E-state index contributed by atoms with van der Waals surface area (Å²) in [7, 11) is 1.80. The molecule has 0 fully saturated rings. The molecule has 2 rings (SSSR count). The van der Waals surface area contributed by atoms with Crippen LogP contribution in [0, 0.1) is 0 Å². The first-order valence-corrected chi connectivity index (χ1v) is 7.83. The monoisotopic (exact) mass is 305 g/mol. The first-order chi connectivity index (χ1) is 10.5. The van der Waals surface area contributed by atoms with E-state index in [1.807, 2.05) is 6.07 Å². The van der Waals surface area contributed by atoms with Crippen LogP contribution in [0.2, 0.25) is 0 Å². The number of ether oxygens (including phenoxy) is 2. The summed E-state index contributed by atoms with van der Waals surface area (Å²) in [6.45, 7) is 9.80. The first-order valence-electron chi connectivity index (χ1n) is 7.83. The average Bonchev–Trinajstić information content (AvgIpc) is 2.98. The van der Waals surface area contributed by atoms with Crippen molar-refractivity contribution >= 4 is 5.96 Å². The maximum Gasteiger partial charge on any atom is 0.231 e. The third-order valence-corrected chi connectivity index (χ3v) is 4.07. The molecule has 0 bridgehead atoms. The van der Waals surface area contributed by atoms with E-state index in [0.29, 0.717) is 12.8 Å². The molecule has 0 amide bonds. The molecule has 0 aliphatic carbocycles. The van der Waals surface area contributed by atoms with Gasteiger partial charge >= 0.3 is 0 Å². The summed E-state index contributed by atoms with van der Waals surface area (Å²) < 4.78 is 10.8. The zero-order valence-corrected chi connectivity index (χ0v) is 14.2. The van der Waals surface area contributed by atoms with Gasteiger partial charge in [0, 0.05) is 25.0 Å². The fraction of sp³-hybridized carbons (Fsp3) is 0.588. The highest BCUT2D eigenvalue weighted by Gasteiger charge is 2.24. The molecule has 2 N–H and O–H groups in total. The zero-order valence-electron chi connectivity index (χ0n) is 14.2. The van der Waals surface area contributed by atoms with Gasteiger partial charge in [0.25, 0.3) is 0 Å². The van der Waals surface area contributed by atoms with Crippen molar-refractivity contribution in [2.24, 2.45) is 4.99 Å². The van der Waals surface area contributed by atoms with Crippen molar-refractivity contribution in [3.63, 3.8) is 0 Å². The van der Waals surface area contributed by atoms with E-state index in [1.54, 1.807) is 7.05 Å². The van der Waals surface area contributed by atoms with E-state index in [1.165, 1.54) is 5.56 Å². The third kappa shape index (κ3) is 3.84. The molecule has 122 valence electrons. The fourth-order valence-electron chi connectivity index (χ4n) is 2.25. The molecule has 0 saturated carbocycles. The molecule has 5 nitrogen and oxygen atoms in total. The summed E-state index contributed by atoms with van der Waals surface area (Å²) >= 11 is 0. The Morgan fingerprint density at radius 3 is 2.73 bits per heavy atom. The van der Waals surface area contributed by atoms with Gasteiger partial charge in [-0.2, -0.15) is 0 Å². The maximum atomic E-state index is 5.47. The van der Waals surface area contributed by atoms with Crippen LogP contribution in [0.4, 0.5) is 0 Å². The van der Waals surface area contributed by atoms with Crippen LogP contribution >= 0.6 is 0 Å². The normalized spacial score (nSPS) is 15.6. The van der Waals surface area contributed by atoms with Crippen molar-refractivity contribution in [2.75, 3.05) is 20.4 Å². The van der Waals surface area contributed by atoms with Crippen LogP contribution in [0.25, 0.3) is 0 Å². The molecular formula is C17H27N3O2. The average molecular weight is 305 g/mol. The lowest BCUT2D eigenvalue weighted by Crippen LogP contribution is -2.46. The Kier molecular flexibility index (Phi) is 5.16. The largest absolute Gasteiger partial charge is 0.454 e. The van der Waals surface area contributed by atoms with Gasteiger partial charge in [-0.3, -0.25) is 4.99 Å². The number of rotatable bonds is 5. The summed E-state index contributed by atoms with van der Waals surface area (Å²) in [5.74, 6) is 2.48. The second-order valence-corrected chi connectivity index (χ2v) is 6.33. The van der Waals surface area contributed by atoms with Gasteiger partial charge in [-0.25, -0.2) is 0 Å². The minimum atomic E-state index is -0.0476. The van der Waals surface area contributed by atoms with Gasteiger partial charge in [0.2, 0.25) is 6.79 Å². The van der Waals surface area contributed by atoms with Gasteiger partial charge in [-0.1, -0.05) is 26.8 Å². The number of hydrogen-bond donors (Lipinski definition) is 2. The molecule has 1 aliphatic heterocycles. The Bertz CT molecular complexity index is 541. The Labute approximate surface area is 133 Å². The highest BCUT2D eigenvalue weighted by molar-refractivity contribution is 5.80. The molecular weight excluding hydrogens is 278 g/mol. The van der Waals surface area contributed by atoms with E-state index in [9.17, 15) is 0 Å². The second-order valence-electron chi connectivity index (χ2n) is 6.33. The van der Waals surface area contributed by atoms with E-state index in [0.717, 1.165) is 30.4 Å². The zero-order chi connectivity index (χ0) is 16.2. The molecule has 1 aromatic carbocycles. The lowest BCUT2D eigenvalue weighted by molar-refractivity contribution is 0.174. The molecule has 22 heavy (non-hydrogen) atoms. The molecule has 1 atom stereocenters. The van der Waals surface area contributed by atoms with Gasteiger partial charge in [-0.15, -0.1) is 0 Å². The first kappa shape index (κ1) is 16.5. The smallest absolute Gasteiger partial charge is 0.231 e. The molecule has 1 aromatic rings. The van der Waals surface area contributed by atoms with E-state index in [2.05, 4.69) is 55.5 Å². The van der Waals surface area contributed by atoms with E-state index in [-0.39, 0.29) is 5.41 Å². The van der Waals surface area contributed by atoms with Crippen molar-refractivity contribution in [1.82, 2.24) is 10.6 Å². The Hall–Kier alpha value is -1.91. The number of benzene rings is 1. The van der Waals surface area contributed by atoms with Crippen molar-refractivity contribution in [3.05, 3.63) is 23.8 Å². The van der Waals surface area contributed by atoms with Crippen LogP contribution in [0.3, 0.4) is 0 Å². The molecule has 0 spiro atoms. The predicted molar refractivity (Wildman–Crippen MR) is 89.8 cm³/mol. The maximum absolute atomic E-state index is 5.47. The second kappa shape index (κ2) is 6.90. The number of hydrogen-bond acceptors (Lipinski definition) is 3. The van der Waals surface area contributed by atoms with Crippen molar-refractivity contribution in [1.29, 1.82) is 0 Å². The minimum Gasteiger partial charge on any atom is -0.454 e. The lowest BCUT2D eigenvalue weighted by atomic mass is 9.84. The molecule has 1 aliphatic rings. The van der Waals surface area contributed by atoms with Gasteiger partial charge < -0.3 is 20.1 Å². The molecule has 5 heteroatoms. The number of nitrogens with one attached hydrogen (secondary N) is 2. The van der Waals surface area contributed by atoms with Crippen LogP contribution in [-0.4, -0.2) is 32.4 Å². The summed E-state index contributed by atoms with van der Waals surface area (Å²) in [6.07, 6.45) is 1.06. The Morgan fingerprint density at radius 2 is 2.05 bits per heavy atom. The highest BCUT2D eigenvalue weighted by atomic mass is 16.7. The lowest BCUT2D eigenvalue weighted by Gasteiger charge is -2.27. The van der Waals surface area contributed by atoms with E-state index < -0.39 is 0 Å². The van der Waals surface area contributed by atoms with Crippen molar-refractivity contribution in [2.45, 2.75) is 45.6 Å². The van der Waals surface area contributed by atoms with Crippen LogP contribution < -0.4 is 20.1 Å². The minimum absolute atomic E-state index is 0.0476. The van der Waals surface area contributed by atoms with Gasteiger partial charge in [0.15, 0.2) is 17.5 Å². The number of fused-ring (bicyclic) bond motifs is 1. The van der Waals surface area contributed by atoms with Crippen LogP contribution in [0.1, 0.15) is 39.7 Å². The standard InChI is InChI=1S/C17H27N3O2/c1-6-12(2)20-16(18-5)19-10-17(3,4)13-7-8-14-15(9-13)22-11-21-14/h7-9,12H,6,10-11H2,1-5H3,(H2,18,19,20).